The average molecular weight is 281 g/mol. The number of halogens is 3. The van der Waals surface area contributed by atoms with Crippen molar-refractivity contribution in [2.45, 2.75) is 19.5 Å². The Labute approximate surface area is 112 Å². The first-order chi connectivity index (χ1) is 9.38. The molecule has 0 saturated heterocycles. The molecule has 0 fully saturated rings. The third-order valence-corrected chi connectivity index (χ3v) is 2.73. The molecule has 0 bridgehead atoms. The van der Waals surface area contributed by atoms with E-state index in [9.17, 15) is 13.2 Å². The fraction of sp³-hybridized carbons (Fsp3) is 0.250. The summed E-state index contributed by atoms with van der Waals surface area (Å²) in [5.41, 5.74) is 5.60. The summed E-state index contributed by atoms with van der Waals surface area (Å²) in [6.07, 6.45) is -3.26. The van der Waals surface area contributed by atoms with E-state index in [4.69, 9.17) is 11.0 Å². The molecule has 0 aromatic carbocycles. The fourth-order valence-corrected chi connectivity index (χ4v) is 1.70. The molecule has 2 heterocycles. The van der Waals surface area contributed by atoms with Gasteiger partial charge in [-0.25, -0.2) is 4.98 Å². The van der Waals surface area contributed by atoms with Crippen LogP contribution in [0.15, 0.2) is 18.3 Å². The van der Waals surface area contributed by atoms with Crippen molar-refractivity contribution in [3.05, 3.63) is 35.2 Å². The van der Waals surface area contributed by atoms with Gasteiger partial charge in [0.15, 0.2) is 5.82 Å². The predicted octanol–water partition coefficient (Wildman–Crippen LogP) is 2.30. The Balaban J connectivity index is 2.48. The van der Waals surface area contributed by atoms with Crippen molar-refractivity contribution in [3.8, 4) is 11.9 Å². The number of alkyl halides is 3. The van der Waals surface area contributed by atoms with Crippen LogP contribution < -0.4 is 5.73 Å². The van der Waals surface area contributed by atoms with Crippen LogP contribution >= 0.6 is 0 Å². The largest absolute Gasteiger partial charge is 0.417 e. The number of nitrogens with two attached hydrogens (primary N) is 1. The molecule has 0 saturated carbocycles. The molecule has 20 heavy (non-hydrogen) atoms. The number of nitrogens with zero attached hydrogens (tertiary/aromatic N) is 4. The highest BCUT2D eigenvalue weighted by molar-refractivity contribution is 5.55. The van der Waals surface area contributed by atoms with Crippen molar-refractivity contribution in [3.63, 3.8) is 0 Å². The molecule has 2 N–H and O–H groups in total. The lowest BCUT2D eigenvalue weighted by Gasteiger charge is -2.07. The van der Waals surface area contributed by atoms with Crippen molar-refractivity contribution in [1.82, 2.24) is 14.8 Å². The van der Waals surface area contributed by atoms with E-state index in [2.05, 4.69) is 10.1 Å². The maximum atomic E-state index is 12.4. The van der Waals surface area contributed by atoms with Gasteiger partial charge in [0.1, 0.15) is 17.5 Å². The summed E-state index contributed by atoms with van der Waals surface area (Å²) < 4.78 is 38.5. The molecule has 2 rings (SSSR count). The highest BCUT2D eigenvalue weighted by atomic mass is 19.4. The van der Waals surface area contributed by atoms with Gasteiger partial charge in [-0.05, 0) is 18.6 Å². The van der Waals surface area contributed by atoms with Crippen LogP contribution in [-0.4, -0.2) is 14.8 Å². The van der Waals surface area contributed by atoms with Crippen LogP contribution in [0.25, 0.3) is 5.82 Å². The normalized spacial score (nSPS) is 11.3. The van der Waals surface area contributed by atoms with Crippen LogP contribution in [0, 0.1) is 11.3 Å². The number of hydrogen-bond donors (Lipinski definition) is 1. The number of nitriles is 1. The van der Waals surface area contributed by atoms with E-state index in [-0.39, 0.29) is 17.2 Å². The van der Waals surface area contributed by atoms with Crippen LogP contribution in [-0.2, 0) is 12.6 Å². The van der Waals surface area contributed by atoms with Gasteiger partial charge in [0.2, 0.25) is 0 Å². The Hall–Kier alpha value is -2.56. The average Bonchev–Trinajstić information content (AvgIpc) is 2.74. The van der Waals surface area contributed by atoms with Crippen molar-refractivity contribution in [2.75, 3.05) is 5.73 Å². The van der Waals surface area contributed by atoms with E-state index in [1.807, 2.05) is 6.07 Å². The van der Waals surface area contributed by atoms with E-state index < -0.39 is 11.7 Å². The minimum absolute atomic E-state index is 0.0663. The maximum absolute atomic E-state index is 12.4. The standard InChI is InChI=1S/C12H10F3N5/c1-2-9-8(5-16)11(17)20(19-9)10-4-3-7(6-18-10)12(13,14)15/h3-4,6H,2,17H2,1H3. The Morgan fingerprint density at radius 2 is 2.10 bits per heavy atom. The van der Waals surface area contributed by atoms with Crippen LogP contribution in [0.3, 0.4) is 0 Å². The fourth-order valence-electron chi connectivity index (χ4n) is 1.70. The quantitative estimate of drug-likeness (QED) is 0.915. The number of hydrogen-bond acceptors (Lipinski definition) is 4. The smallest absolute Gasteiger partial charge is 0.382 e. The summed E-state index contributed by atoms with van der Waals surface area (Å²) in [6.45, 7) is 1.80. The molecule has 2 aromatic rings. The lowest BCUT2D eigenvalue weighted by atomic mass is 10.2. The maximum Gasteiger partial charge on any atom is 0.417 e. The third-order valence-electron chi connectivity index (χ3n) is 2.73. The summed E-state index contributed by atoms with van der Waals surface area (Å²) in [5, 5.41) is 13.1. The number of aromatic nitrogens is 3. The van der Waals surface area contributed by atoms with Gasteiger partial charge >= 0.3 is 6.18 Å². The van der Waals surface area contributed by atoms with Gasteiger partial charge in [-0.15, -0.1) is 0 Å². The zero-order valence-electron chi connectivity index (χ0n) is 10.4. The molecule has 104 valence electrons. The molecule has 0 aliphatic rings. The summed E-state index contributed by atoms with van der Waals surface area (Å²) in [5.74, 6) is 0.198. The lowest BCUT2D eigenvalue weighted by Crippen LogP contribution is -2.08. The van der Waals surface area contributed by atoms with Crippen molar-refractivity contribution in [2.24, 2.45) is 0 Å². The highest BCUT2D eigenvalue weighted by Gasteiger charge is 2.30. The molecule has 0 atom stereocenters. The molecule has 0 unspecified atom stereocenters. The van der Waals surface area contributed by atoms with Crippen LogP contribution in [0.2, 0.25) is 0 Å². The molecule has 5 nitrogen and oxygen atoms in total. The minimum Gasteiger partial charge on any atom is -0.382 e. The Morgan fingerprint density at radius 3 is 2.50 bits per heavy atom. The molecule has 0 spiro atoms. The first-order valence-electron chi connectivity index (χ1n) is 5.69. The first kappa shape index (κ1) is 13.9. The topological polar surface area (TPSA) is 80.5 Å². The number of nitrogen functional groups attached to an aromatic ring is 1. The first-order valence-corrected chi connectivity index (χ1v) is 5.69. The Bertz CT molecular complexity index is 664. The monoisotopic (exact) mass is 281 g/mol. The van der Waals surface area contributed by atoms with E-state index in [1.165, 1.54) is 0 Å². The molecule has 0 aliphatic carbocycles. The second kappa shape index (κ2) is 4.85. The Morgan fingerprint density at radius 1 is 1.40 bits per heavy atom. The summed E-state index contributed by atoms with van der Waals surface area (Å²) >= 11 is 0. The van der Waals surface area contributed by atoms with Crippen LogP contribution in [0.4, 0.5) is 19.0 Å². The molecular formula is C12H10F3N5. The SMILES string of the molecule is CCc1nn(-c2ccc(C(F)(F)F)cn2)c(N)c1C#N. The second-order valence-corrected chi connectivity index (χ2v) is 3.99. The van der Waals surface area contributed by atoms with Gasteiger partial charge in [-0.1, -0.05) is 6.92 Å². The molecule has 0 radical (unpaired) electrons. The van der Waals surface area contributed by atoms with Gasteiger partial charge in [-0.2, -0.15) is 28.2 Å². The number of anilines is 1. The third kappa shape index (κ3) is 2.30. The summed E-state index contributed by atoms with van der Waals surface area (Å²) in [7, 11) is 0. The lowest BCUT2D eigenvalue weighted by molar-refractivity contribution is -0.137. The summed E-state index contributed by atoms with van der Waals surface area (Å²) in [6, 6.07) is 3.97. The van der Waals surface area contributed by atoms with E-state index in [0.717, 1.165) is 16.8 Å². The van der Waals surface area contributed by atoms with Gasteiger partial charge in [0.05, 0.1) is 11.3 Å². The van der Waals surface area contributed by atoms with Crippen molar-refractivity contribution >= 4 is 5.82 Å². The second-order valence-electron chi connectivity index (χ2n) is 3.99. The number of rotatable bonds is 2. The van der Waals surface area contributed by atoms with E-state index in [1.54, 1.807) is 6.92 Å². The van der Waals surface area contributed by atoms with Crippen LogP contribution in [0.1, 0.15) is 23.7 Å². The number of aryl methyl sites for hydroxylation is 1. The van der Waals surface area contributed by atoms with Gasteiger partial charge < -0.3 is 5.73 Å². The zero-order chi connectivity index (χ0) is 14.9. The predicted molar refractivity (Wildman–Crippen MR) is 64.9 cm³/mol. The van der Waals surface area contributed by atoms with Crippen molar-refractivity contribution in [1.29, 1.82) is 5.26 Å². The van der Waals surface area contributed by atoms with Crippen LogP contribution in [0.5, 0.6) is 0 Å². The zero-order valence-corrected chi connectivity index (χ0v) is 10.4. The Kier molecular flexibility index (Phi) is 3.36. The van der Waals surface area contributed by atoms with Gasteiger partial charge in [-0.3, -0.25) is 0 Å². The van der Waals surface area contributed by atoms with E-state index in [0.29, 0.717) is 18.3 Å². The molecule has 0 amide bonds. The minimum atomic E-state index is -4.45. The van der Waals surface area contributed by atoms with E-state index >= 15 is 0 Å². The highest BCUT2D eigenvalue weighted by Crippen LogP contribution is 2.29. The van der Waals surface area contributed by atoms with Gasteiger partial charge in [0, 0.05) is 6.20 Å². The summed E-state index contributed by atoms with van der Waals surface area (Å²) in [4.78, 5) is 3.69. The van der Waals surface area contributed by atoms with Crippen molar-refractivity contribution < 1.29 is 13.2 Å². The molecule has 2 aromatic heterocycles. The molecule has 0 aliphatic heterocycles. The molecular weight excluding hydrogens is 271 g/mol. The number of pyridine rings is 1. The van der Waals surface area contributed by atoms with Gasteiger partial charge in [0.25, 0.3) is 0 Å². The molecule has 8 heteroatoms.